The van der Waals surface area contributed by atoms with Crippen LogP contribution < -0.4 is 0 Å². The number of fused-ring (bicyclic) bond motifs is 3. The van der Waals surface area contributed by atoms with E-state index in [2.05, 4.69) is 25.9 Å². The third-order valence-electron chi connectivity index (χ3n) is 5.71. The molecule has 1 aliphatic heterocycles. The van der Waals surface area contributed by atoms with E-state index in [1.807, 2.05) is 55.6 Å². The molecular formula is C24H24BrFN4O2. The Morgan fingerprint density at radius 3 is 2.81 bits per heavy atom. The van der Waals surface area contributed by atoms with Gasteiger partial charge in [-0.15, -0.1) is 0 Å². The molecule has 0 spiro atoms. The highest BCUT2D eigenvalue weighted by Gasteiger charge is 2.33. The lowest BCUT2D eigenvalue weighted by molar-refractivity contribution is 0.0224. The second-order valence-electron chi connectivity index (χ2n) is 9.18. The summed E-state index contributed by atoms with van der Waals surface area (Å²) in [6.07, 6.45) is 3.13. The average molecular weight is 499 g/mol. The van der Waals surface area contributed by atoms with Crippen LogP contribution in [0.2, 0.25) is 0 Å². The Labute approximate surface area is 193 Å². The molecule has 166 valence electrons. The molecule has 1 unspecified atom stereocenters. The fourth-order valence-corrected chi connectivity index (χ4v) is 4.68. The van der Waals surface area contributed by atoms with Crippen molar-refractivity contribution in [2.75, 3.05) is 6.54 Å². The lowest BCUT2D eigenvalue weighted by atomic mass is 10.0. The van der Waals surface area contributed by atoms with Crippen LogP contribution in [0.15, 0.2) is 47.1 Å². The summed E-state index contributed by atoms with van der Waals surface area (Å²) >= 11 is 3.47. The van der Waals surface area contributed by atoms with Crippen molar-refractivity contribution in [1.82, 2.24) is 19.3 Å². The first-order valence-corrected chi connectivity index (χ1v) is 11.4. The van der Waals surface area contributed by atoms with Gasteiger partial charge in [-0.3, -0.25) is 4.40 Å². The summed E-state index contributed by atoms with van der Waals surface area (Å²) in [5.74, 6) is 0.301. The van der Waals surface area contributed by atoms with E-state index >= 15 is 4.39 Å². The standard InChI is InChI=1S/C24H24BrFN4O2/c1-24(2,3)32-23(31)29-10-4-5-20(29)14-6-8-16(17(26)11-14)19-13-30-21-9-7-15(25)12-18(21)27-22(30)28-19/h6-9,11-13,20H,4-5,10H2,1-3H3,(H,27,28). The lowest BCUT2D eigenvalue weighted by Crippen LogP contribution is -2.36. The number of imidazole rings is 2. The van der Waals surface area contributed by atoms with Gasteiger partial charge in [-0.05, 0) is 69.5 Å². The number of halogens is 2. The van der Waals surface area contributed by atoms with Crippen molar-refractivity contribution < 1.29 is 13.9 Å². The minimum absolute atomic E-state index is 0.188. The number of carbonyl (C=O) groups is 1. The number of nitrogens with one attached hydrogen (secondary N) is 1. The van der Waals surface area contributed by atoms with Crippen LogP contribution in [0.25, 0.3) is 28.1 Å². The van der Waals surface area contributed by atoms with E-state index in [-0.39, 0.29) is 18.0 Å². The van der Waals surface area contributed by atoms with Crippen molar-refractivity contribution >= 4 is 38.8 Å². The van der Waals surface area contributed by atoms with Gasteiger partial charge in [0.2, 0.25) is 5.78 Å². The molecule has 1 aliphatic rings. The fraction of sp³-hybridized carbons (Fsp3) is 0.333. The summed E-state index contributed by atoms with van der Waals surface area (Å²) in [4.78, 5) is 22.2. The van der Waals surface area contributed by atoms with E-state index in [1.54, 1.807) is 11.0 Å². The largest absolute Gasteiger partial charge is 0.444 e. The fourth-order valence-electron chi connectivity index (χ4n) is 4.32. The highest BCUT2D eigenvalue weighted by molar-refractivity contribution is 9.10. The summed E-state index contributed by atoms with van der Waals surface area (Å²) in [6, 6.07) is 10.9. The Hall–Kier alpha value is -2.87. The Morgan fingerprint density at radius 2 is 2.06 bits per heavy atom. The number of aromatic nitrogens is 3. The number of amides is 1. The SMILES string of the molecule is CC(C)(C)OC(=O)N1CCCC1c1ccc(-c2cn3c(n2)[nH]c2cc(Br)ccc23)c(F)c1. The number of hydrogen-bond acceptors (Lipinski definition) is 3. The maximum absolute atomic E-state index is 15.2. The van der Waals surface area contributed by atoms with Gasteiger partial charge in [0.25, 0.3) is 0 Å². The smallest absolute Gasteiger partial charge is 0.410 e. The zero-order chi connectivity index (χ0) is 22.6. The van der Waals surface area contributed by atoms with Gasteiger partial charge in [0, 0.05) is 22.8 Å². The van der Waals surface area contributed by atoms with Crippen LogP contribution in [0.4, 0.5) is 9.18 Å². The van der Waals surface area contributed by atoms with E-state index in [4.69, 9.17) is 4.74 Å². The van der Waals surface area contributed by atoms with E-state index in [1.165, 1.54) is 6.07 Å². The van der Waals surface area contributed by atoms with Gasteiger partial charge in [0.15, 0.2) is 0 Å². The molecule has 1 fully saturated rings. The molecule has 2 aromatic heterocycles. The Balaban J connectivity index is 1.45. The monoisotopic (exact) mass is 498 g/mol. The molecule has 6 nitrogen and oxygen atoms in total. The number of rotatable bonds is 2. The molecule has 1 N–H and O–H groups in total. The summed E-state index contributed by atoms with van der Waals surface area (Å²) in [5, 5.41) is 0. The number of aromatic amines is 1. The van der Waals surface area contributed by atoms with Gasteiger partial charge in [-0.2, -0.15) is 0 Å². The van der Waals surface area contributed by atoms with Crippen LogP contribution in [-0.2, 0) is 4.74 Å². The normalized spacial score (nSPS) is 16.9. The van der Waals surface area contributed by atoms with E-state index in [9.17, 15) is 4.79 Å². The Morgan fingerprint density at radius 1 is 1.25 bits per heavy atom. The van der Waals surface area contributed by atoms with Crippen molar-refractivity contribution in [3.05, 3.63) is 58.4 Å². The van der Waals surface area contributed by atoms with Crippen LogP contribution in [-0.4, -0.2) is 37.5 Å². The van der Waals surface area contributed by atoms with Gasteiger partial charge in [-0.1, -0.05) is 22.0 Å². The van der Waals surface area contributed by atoms with Crippen LogP contribution in [0, 0.1) is 5.82 Å². The minimum Gasteiger partial charge on any atom is -0.444 e. The van der Waals surface area contributed by atoms with E-state index < -0.39 is 5.60 Å². The van der Waals surface area contributed by atoms with Gasteiger partial charge in [0.05, 0.1) is 22.8 Å². The summed E-state index contributed by atoms with van der Waals surface area (Å²) in [5.41, 5.74) is 3.11. The first-order chi connectivity index (χ1) is 15.2. The molecule has 1 amide bonds. The molecular weight excluding hydrogens is 475 g/mol. The third kappa shape index (κ3) is 3.77. The predicted molar refractivity (Wildman–Crippen MR) is 125 cm³/mol. The highest BCUT2D eigenvalue weighted by Crippen LogP contribution is 2.35. The van der Waals surface area contributed by atoms with E-state index in [0.717, 1.165) is 33.9 Å². The molecule has 32 heavy (non-hydrogen) atoms. The topological polar surface area (TPSA) is 62.6 Å². The molecule has 5 rings (SSSR count). The molecule has 3 heterocycles. The number of H-pyrrole nitrogens is 1. The van der Waals surface area contributed by atoms with Gasteiger partial charge in [0.1, 0.15) is 11.4 Å². The van der Waals surface area contributed by atoms with Gasteiger partial charge < -0.3 is 14.6 Å². The summed E-state index contributed by atoms with van der Waals surface area (Å²) in [6.45, 7) is 6.15. The maximum Gasteiger partial charge on any atom is 0.410 e. The average Bonchev–Trinajstić information content (AvgIpc) is 3.40. The molecule has 8 heteroatoms. The van der Waals surface area contributed by atoms with Crippen molar-refractivity contribution in [3.63, 3.8) is 0 Å². The van der Waals surface area contributed by atoms with Gasteiger partial charge in [-0.25, -0.2) is 14.2 Å². The number of carbonyl (C=O) groups excluding carboxylic acids is 1. The van der Waals surface area contributed by atoms with Crippen molar-refractivity contribution in [2.24, 2.45) is 0 Å². The first-order valence-electron chi connectivity index (χ1n) is 10.7. The van der Waals surface area contributed by atoms with Crippen LogP contribution >= 0.6 is 15.9 Å². The quantitative estimate of drug-likeness (QED) is 0.345. The van der Waals surface area contributed by atoms with Crippen molar-refractivity contribution in [2.45, 2.75) is 45.3 Å². The van der Waals surface area contributed by atoms with Crippen molar-refractivity contribution in [1.29, 1.82) is 0 Å². The number of ether oxygens (including phenoxy) is 1. The summed E-state index contributed by atoms with van der Waals surface area (Å²) in [7, 11) is 0. The zero-order valence-electron chi connectivity index (χ0n) is 18.2. The van der Waals surface area contributed by atoms with Gasteiger partial charge >= 0.3 is 6.09 Å². The third-order valence-corrected chi connectivity index (χ3v) is 6.20. The molecule has 0 bridgehead atoms. The number of hydrogen-bond donors (Lipinski definition) is 1. The molecule has 4 aromatic rings. The molecule has 0 aliphatic carbocycles. The van der Waals surface area contributed by atoms with Crippen molar-refractivity contribution in [3.8, 4) is 11.3 Å². The Bertz CT molecular complexity index is 1340. The number of nitrogens with zero attached hydrogens (tertiary/aromatic N) is 3. The zero-order valence-corrected chi connectivity index (χ0v) is 19.7. The molecule has 2 aromatic carbocycles. The minimum atomic E-state index is -0.566. The first kappa shape index (κ1) is 21.0. The molecule has 1 atom stereocenters. The number of benzene rings is 2. The maximum atomic E-state index is 15.2. The molecule has 0 saturated carbocycles. The van der Waals surface area contributed by atoms with Crippen LogP contribution in [0.1, 0.15) is 45.2 Å². The molecule has 1 saturated heterocycles. The second-order valence-corrected chi connectivity index (χ2v) is 10.1. The number of likely N-dealkylation sites (tertiary alicyclic amines) is 1. The van der Waals surface area contributed by atoms with Crippen LogP contribution in [0.5, 0.6) is 0 Å². The van der Waals surface area contributed by atoms with E-state index in [0.29, 0.717) is 23.6 Å². The predicted octanol–water partition coefficient (Wildman–Crippen LogP) is 6.46. The highest BCUT2D eigenvalue weighted by atomic mass is 79.9. The second kappa shape index (κ2) is 7.62. The summed E-state index contributed by atoms with van der Waals surface area (Å²) < 4.78 is 23.6. The molecule has 0 radical (unpaired) electrons. The Kier molecular flexibility index (Phi) is 5.00. The lowest BCUT2D eigenvalue weighted by Gasteiger charge is -2.29. The van der Waals surface area contributed by atoms with Crippen LogP contribution in [0.3, 0.4) is 0 Å².